The molecule has 1 aliphatic heterocycles. The first-order valence-electron chi connectivity index (χ1n) is 8.91. The van der Waals surface area contributed by atoms with Gasteiger partial charge in [0.15, 0.2) is 0 Å². The van der Waals surface area contributed by atoms with Crippen LogP contribution in [0.4, 0.5) is 10.5 Å². The van der Waals surface area contributed by atoms with Gasteiger partial charge in [0.25, 0.3) is 16.8 Å². The second-order valence-electron chi connectivity index (χ2n) is 6.58. The number of fused-ring (bicyclic) bond motifs is 1. The quantitative estimate of drug-likeness (QED) is 0.347. The Hall–Kier alpha value is -3.90. The summed E-state index contributed by atoms with van der Waals surface area (Å²) in [7, 11) is 0. The van der Waals surface area contributed by atoms with E-state index in [0.29, 0.717) is 5.56 Å². The second kappa shape index (κ2) is 7.85. The third kappa shape index (κ3) is 3.56. The molecule has 0 saturated carbocycles. The molecule has 1 aromatic heterocycles. The molecule has 0 aliphatic carbocycles. The number of nitro benzene ring substituents is 1. The number of nitriles is 1. The van der Waals surface area contributed by atoms with Gasteiger partial charge in [0.2, 0.25) is 0 Å². The average molecular weight is 418 g/mol. The summed E-state index contributed by atoms with van der Waals surface area (Å²) in [6.45, 7) is 0.127. The highest BCUT2D eigenvalue weighted by Gasteiger charge is 2.35. The molecule has 0 radical (unpaired) electrons. The molecule has 0 atom stereocenters. The minimum absolute atomic E-state index is 0.0418. The van der Waals surface area contributed by atoms with E-state index in [0.717, 1.165) is 33.1 Å². The molecule has 2 aromatic carbocycles. The summed E-state index contributed by atoms with van der Waals surface area (Å²) < 4.78 is 1.79. The monoisotopic (exact) mass is 418 g/mol. The highest BCUT2D eigenvalue weighted by molar-refractivity contribution is 8.18. The second-order valence-corrected chi connectivity index (χ2v) is 7.58. The maximum absolute atomic E-state index is 12.8. The summed E-state index contributed by atoms with van der Waals surface area (Å²) in [5.74, 6) is -0.450. The van der Waals surface area contributed by atoms with E-state index < -0.39 is 16.1 Å². The number of hydrogen-bond acceptors (Lipinski definition) is 6. The first-order chi connectivity index (χ1) is 14.5. The molecule has 0 N–H and O–H groups in total. The molecule has 0 unspecified atom stereocenters. The van der Waals surface area contributed by atoms with Crippen LogP contribution in [-0.4, -0.2) is 25.5 Å². The Morgan fingerprint density at radius 3 is 2.73 bits per heavy atom. The average Bonchev–Trinajstić information content (AvgIpc) is 3.21. The third-order valence-electron chi connectivity index (χ3n) is 4.68. The number of aromatic nitrogens is 1. The number of nitrogens with zero attached hydrogens (tertiary/aromatic N) is 4. The van der Waals surface area contributed by atoms with Crippen LogP contribution in [0.25, 0.3) is 17.0 Å². The smallest absolute Gasteiger partial charge is 0.293 e. The zero-order valence-electron chi connectivity index (χ0n) is 15.5. The van der Waals surface area contributed by atoms with Gasteiger partial charge in [-0.1, -0.05) is 30.3 Å². The number of imide groups is 1. The number of rotatable bonds is 5. The Kier molecular flexibility index (Phi) is 5.08. The molecule has 148 valence electrons. The van der Waals surface area contributed by atoms with Crippen molar-refractivity contribution in [2.24, 2.45) is 0 Å². The lowest BCUT2D eigenvalue weighted by Gasteiger charge is -2.12. The molecular formula is C21H14N4O4S. The molecule has 2 heterocycles. The first-order valence-corrected chi connectivity index (χ1v) is 9.73. The number of carbonyl (C=O) groups excluding carboxylic acids is 2. The molecule has 9 heteroatoms. The number of amides is 2. The van der Waals surface area contributed by atoms with Gasteiger partial charge in [0.1, 0.15) is 6.54 Å². The Bertz CT molecular complexity index is 1270. The Labute approximate surface area is 175 Å². The molecule has 30 heavy (non-hydrogen) atoms. The van der Waals surface area contributed by atoms with Gasteiger partial charge in [-0.25, -0.2) is 0 Å². The van der Waals surface area contributed by atoms with Gasteiger partial charge in [-0.3, -0.25) is 24.6 Å². The molecule has 8 nitrogen and oxygen atoms in total. The Balaban J connectivity index is 1.64. The number of thioether (sulfide) groups is 1. The summed E-state index contributed by atoms with van der Waals surface area (Å²) in [5.41, 5.74) is 2.00. The lowest BCUT2D eigenvalue weighted by molar-refractivity contribution is -0.384. The first kappa shape index (κ1) is 19.4. The van der Waals surface area contributed by atoms with Gasteiger partial charge in [-0.15, -0.1) is 0 Å². The van der Waals surface area contributed by atoms with Crippen LogP contribution in [-0.2, 0) is 17.9 Å². The Morgan fingerprint density at radius 1 is 1.17 bits per heavy atom. The predicted octanol–water partition coefficient (Wildman–Crippen LogP) is 4.31. The molecule has 4 rings (SSSR count). The van der Waals surface area contributed by atoms with E-state index in [4.69, 9.17) is 5.26 Å². The van der Waals surface area contributed by atoms with E-state index in [1.165, 1.54) is 18.2 Å². The van der Waals surface area contributed by atoms with Crippen LogP contribution in [0.5, 0.6) is 0 Å². The fraction of sp³-hybridized carbons (Fsp3) is 0.0952. The number of nitro groups is 1. The fourth-order valence-corrected chi connectivity index (χ4v) is 4.15. The standard InChI is InChI=1S/C21H14N4O4S/c22-8-9-23-13-15(17-6-1-2-7-18(17)23)11-19-20(26)24(21(27)30-19)12-14-4-3-5-16(10-14)25(28)29/h1-7,10-11,13H,9,12H2/b19-11-. The van der Waals surface area contributed by atoms with Crippen molar-refractivity contribution in [1.82, 2.24) is 9.47 Å². The molecule has 1 fully saturated rings. The summed E-state index contributed by atoms with van der Waals surface area (Å²) in [6.07, 6.45) is 3.43. The van der Waals surface area contributed by atoms with Gasteiger partial charge in [-0.2, -0.15) is 5.26 Å². The van der Waals surface area contributed by atoms with Crippen LogP contribution < -0.4 is 0 Å². The summed E-state index contributed by atoms with van der Waals surface area (Å²) in [4.78, 5) is 37.0. The summed E-state index contributed by atoms with van der Waals surface area (Å²) in [5, 5.41) is 20.4. The van der Waals surface area contributed by atoms with Gasteiger partial charge in [0.05, 0.1) is 22.4 Å². The van der Waals surface area contributed by atoms with Crippen molar-refractivity contribution in [3.63, 3.8) is 0 Å². The topological polar surface area (TPSA) is 109 Å². The van der Waals surface area contributed by atoms with E-state index in [1.807, 2.05) is 24.3 Å². The van der Waals surface area contributed by atoms with E-state index >= 15 is 0 Å². The van der Waals surface area contributed by atoms with E-state index in [1.54, 1.807) is 22.9 Å². The number of carbonyl (C=O) groups is 2. The zero-order chi connectivity index (χ0) is 21.3. The highest BCUT2D eigenvalue weighted by atomic mass is 32.2. The molecule has 1 aliphatic rings. The van der Waals surface area contributed by atoms with Gasteiger partial charge < -0.3 is 4.57 Å². The van der Waals surface area contributed by atoms with Crippen molar-refractivity contribution in [3.8, 4) is 6.07 Å². The maximum Gasteiger partial charge on any atom is 0.293 e. The number of hydrogen-bond donors (Lipinski definition) is 0. The van der Waals surface area contributed by atoms with E-state index in [9.17, 15) is 19.7 Å². The SMILES string of the molecule is N#CCn1cc(/C=C2\SC(=O)N(Cc3cccc([N+](=O)[O-])c3)C2=O)c2ccccc21. The van der Waals surface area contributed by atoms with Crippen LogP contribution in [0.1, 0.15) is 11.1 Å². The van der Waals surface area contributed by atoms with Crippen molar-refractivity contribution in [2.75, 3.05) is 0 Å². The van der Waals surface area contributed by atoms with Crippen LogP contribution >= 0.6 is 11.8 Å². The zero-order valence-corrected chi connectivity index (χ0v) is 16.3. The number of non-ortho nitro benzene ring substituents is 1. The van der Waals surface area contributed by atoms with Crippen molar-refractivity contribution in [3.05, 3.63) is 80.9 Å². The van der Waals surface area contributed by atoms with Crippen LogP contribution in [0, 0.1) is 21.4 Å². The third-order valence-corrected chi connectivity index (χ3v) is 5.59. The lowest BCUT2D eigenvalue weighted by atomic mass is 10.1. The minimum Gasteiger partial charge on any atom is -0.333 e. The highest BCUT2D eigenvalue weighted by Crippen LogP contribution is 2.35. The van der Waals surface area contributed by atoms with Gasteiger partial charge in [-0.05, 0) is 29.5 Å². The van der Waals surface area contributed by atoms with Crippen molar-refractivity contribution < 1.29 is 14.5 Å². The lowest BCUT2D eigenvalue weighted by Crippen LogP contribution is -2.27. The van der Waals surface area contributed by atoms with Crippen LogP contribution in [0.15, 0.2) is 59.6 Å². The van der Waals surface area contributed by atoms with E-state index in [2.05, 4.69) is 6.07 Å². The molecule has 3 aromatic rings. The van der Waals surface area contributed by atoms with Crippen molar-refractivity contribution >= 4 is 45.6 Å². The fourth-order valence-electron chi connectivity index (χ4n) is 3.33. The van der Waals surface area contributed by atoms with Crippen LogP contribution in [0.2, 0.25) is 0 Å². The van der Waals surface area contributed by atoms with Gasteiger partial charge in [0, 0.05) is 34.8 Å². The molecular weight excluding hydrogens is 404 g/mol. The number of benzene rings is 2. The molecule has 0 bridgehead atoms. The normalized spacial score (nSPS) is 15.2. The van der Waals surface area contributed by atoms with Crippen LogP contribution in [0.3, 0.4) is 0 Å². The summed E-state index contributed by atoms with van der Waals surface area (Å²) in [6, 6.07) is 15.5. The number of para-hydroxylation sites is 1. The molecule has 0 spiro atoms. The van der Waals surface area contributed by atoms with E-state index in [-0.39, 0.29) is 23.7 Å². The van der Waals surface area contributed by atoms with Crippen molar-refractivity contribution in [2.45, 2.75) is 13.1 Å². The molecule has 2 amide bonds. The summed E-state index contributed by atoms with van der Waals surface area (Å²) >= 11 is 0.828. The maximum atomic E-state index is 12.8. The van der Waals surface area contributed by atoms with Crippen molar-refractivity contribution in [1.29, 1.82) is 5.26 Å². The van der Waals surface area contributed by atoms with Gasteiger partial charge >= 0.3 is 0 Å². The largest absolute Gasteiger partial charge is 0.333 e. The predicted molar refractivity (Wildman–Crippen MR) is 112 cm³/mol. The minimum atomic E-state index is -0.520. The molecule has 1 saturated heterocycles. The Morgan fingerprint density at radius 2 is 1.97 bits per heavy atom.